The summed E-state index contributed by atoms with van der Waals surface area (Å²) in [5.41, 5.74) is 2.09. The third-order valence-electron chi connectivity index (χ3n) is 3.35. The van der Waals surface area contributed by atoms with Crippen molar-refractivity contribution in [2.45, 2.75) is 13.0 Å². The van der Waals surface area contributed by atoms with Gasteiger partial charge in [0.1, 0.15) is 18.2 Å². The van der Waals surface area contributed by atoms with Crippen molar-refractivity contribution in [1.29, 1.82) is 0 Å². The van der Waals surface area contributed by atoms with E-state index in [9.17, 15) is 0 Å². The minimum absolute atomic E-state index is 0.546. The van der Waals surface area contributed by atoms with Crippen molar-refractivity contribution in [2.75, 3.05) is 19.0 Å². The first-order chi connectivity index (χ1) is 11.8. The average molecular weight is 341 g/mol. The van der Waals surface area contributed by atoms with Crippen molar-refractivity contribution in [2.24, 2.45) is 0 Å². The lowest BCUT2D eigenvalue weighted by atomic mass is 10.2. The Bertz CT molecular complexity index is 744. The van der Waals surface area contributed by atoms with Gasteiger partial charge in [0, 0.05) is 30.8 Å². The van der Waals surface area contributed by atoms with Crippen molar-refractivity contribution in [3.8, 4) is 5.75 Å². The van der Waals surface area contributed by atoms with E-state index in [0.29, 0.717) is 13.2 Å². The zero-order valence-corrected chi connectivity index (χ0v) is 14.3. The minimum Gasteiger partial charge on any atom is -0.489 e. The van der Waals surface area contributed by atoms with Crippen LogP contribution in [0, 0.1) is 0 Å². The van der Waals surface area contributed by atoms with Crippen molar-refractivity contribution < 1.29 is 9.47 Å². The number of hydrogen-bond donors (Lipinski definition) is 1. The third kappa shape index (κ3) is 4.78. The number of hydrogen-bond acceptors (Lipinski definition) is 6. The van der Waals surface area contributed by atoms with Gasteiger partial charge in [0.2, 0.25) is 5.13 Å². The number of nitrogens with zero attached hydrogens (tertiary/aromatic N) is 2. The van der Waals surface area contributed by atoms with Crippen LogP contribution in [0.3, 0.4) is 0 Å². The summed E-state index contributed by atoms with van der Waals surface area (Å²) < 4.78 is 15.1. The van der Waals surface area contributed by atoms with Crippen molar-refractivity contribution in [1.82, 2.24) is 9.36 Å². The quantitative estimate of drug-likeness (QED) is 0.670. The van der Waals surface area contributed by atoms with Crippen LogP contribution in [0.2, 0.25) is 0 Å². The van der Waals surface area contributed by atoms with Gasteiger partial charge in [-0.25, -0.2) is 4.98 Å². The fourth-order valence-corrected chi connectivity index (χ4v) is 2.72. The normalized spacial score (nSPS) is 10.5. The number of para-hydroxylation sites is 1. The molecule has 0 saturated carbocycles. The maximum atomic E-state index is 5.74. The molecule has 1 aromatic heterocycles. The Labute approximate surface area is 145 Å². The van der Waals surface area contributed by atoms with E-state index in [-0.39, 0.29) is 0 Å². The lowest BCUT2D eigenvalue weighted by Crippen LogP contribution is -1.97. The van der Waals surface area contributed by atoms with Gasteiger partial charge in [-0.05, 0) is 29.8 Å². The molecule has 5 nitrogen and oxygen atoms in total. The molecule has 1 heterocycles. The molecule has 0 spiro atoms. The average Bonchev–Trinajstić information content (AvgIpc) is 3.07. The lowest BCUT2D eigenvalue weighted by molar-refractivity contribution is 0.201. The largest absolute Gasteiger partial charge is 0.489 e. The van der Waals surface area contributed by atoms with E-state index >= 15 is 0 Å². The molecule has 124 valence electrons. The summed E-state index contributed by atoms with van der Waals surface area (Å²) in [6.07, 6.45) is 0.727. The second kappa shape index (κ2) is 8.42. The minimum atomic E-state index is 0.546. The molecule has 0 amide bonds. The molecule has 6 heteroatoms. The molecular weight excluding hydrogens is 322 g/mol. The molecule has 0 radical (unpaired) electrons. The number of rotatable bonds is 8. The van der Waals surface area contributed by atoms with Gasteiger partial charge < -0.3 is 14.8 Å². The first-order valence-corrected chi connectivity index (χ1v) is 8.46. The Balaban J connectivity index is 1.53. The molecule has 1 N–H and O–H groups in total. The lowest BCUT2D eigenvalue weighted by Gasteiger charge is -2.07. The smallest absolute Gasteiger partial charge is 0.207 e. The molecule has 3 rings (SSSR count). The summed E-state index contributed by atoms with van der Waals surface area (Å²) in [5, 5.41) is 4.05. The summed E-state index contributed by atoms with van der Waals surface area (Å²) in [6.45, 7) is 1.18. The monoisotopic (exact) mass is 341 g/mol. The van der Waals surface area contributed by atoms with Crippen LogP contribution >= 0.6 is 11.5 Å². The fourth-order valence-electron chi connectivity index (χ4n) is 2.09. The summed E-state index contributed by atoms with van der Waals surface area (Å²) in [6, 6.07) is 17.9. The van der Waals surface area contributed by atoms with Crippen LogP contribution in [0.25, 0.3) is 0 Å². The Morgan fingerprint density at radius 1 is 1.04 bits per heavy atom. The fraction of sp³-hybridized carbons (Fsp3) is 0.222. The molecule has 0 bridgehead atoms. The Kier molecular flexibility index (Phi) is 5.76. The van der Waals surface area contributed by atoms with E-state index in [1.807, 2.05) is 54.6 Å². The third-order valence-corrected chi connectivity index (χ3v) is 4.02. The van der Waals surface area contributed by atoms with Gasteiger partial charge in [0.05, 0.1) is 6.61 Å². The van der Waals surface area contributed by atoms with Crippen LogP contribution in [0.15, 0.2) is 54.6 Å². The first kappa shape index (κ1) is 16.4. The van der Waals surface area contributed by atoms with E-state index in [4.69, 9.17) is 9.47 Å². The number of ether oxygens (including phenoxy) is 2. The van der Waals surface area contributed by atoms with Gasteiger partial charge in [-0.15, -0.1) is 0 Å². The summed E-state index contributed by atoms with van der Waals surface area (Å²) in [4.78, 5) is 4.43. The molecule has 0 aliphatic carbocycles. The highest BCUT2D eigenvalue weighted by molar-refractivity contribution is 7.09. The number of aromatic nitrogens is 2. The summed E-state index contributed by atoms with van der Waals surface area (Å²) >= 11 is 1.35. The van der Waals surface area contributed by atoms with E-state index in [0.717, 1.165) is 34.4 Å². The topological polar surface area (TPSA) is 56.3 Å². The van der Waals surface area contributed by atoms with Crippen LogP contribution < -0.4 is 10.1 Å². The molecule has 0 fully saturated rings. The van der Waals surface area contributed by atoms with Gasteiger partial charge in [0.25, 0.3) is 0 Å². The number of benzene rings is 2. The Morgan fingerprint density at radius 2 is 1.83 bits per heavy atom. The second-order valence-electron chi connectivity index (χ2n) is 5.18. The van der Waals surface area contributed by atoms with Crippen LogP contribution in [-0.4, -0.2) is 23.1 Å². The van der Waals surface area contributed by atoms with Gasteiger partial charge in [-0.2, -0.15) is 4.37 Å². The maximum absolute atomic E-state index is 5.74. The second-order valence-corrected chi connectivity index (χ2v) is 5.93. The van der Waals surface area contributed by atoms with Crippen LogP contribution in [0.5, 0.6) is 5.75 Å². The Hall–Kier alpha value is -2.44. The van der Waals surface area contributed by atoms with Crippen LogP contribution in [0.1, 0.15) is 11.4 Å². The number of methoxy groups -OCH3 is 1. The highest BCUT2D eigenvalue weighted by Crippen LogP contribution is 2.20. The molecule has 0 atom stereocenters. The van der Waals surface area contributed by atoms with E-state index in [2.05, 4.69) is 14.7 Å². The zero-order valence-electron chi connectivity index (χ0n) is 13.4. The van der Waals surface area contributed by atoms with Crippen molar-refractivity contribution in [3.63, 3.8) is 0 Å². The molecule has 2 aromatic carbocycles. The van der Waals surface area contributed by atoms with Gasteiger partial charge >= 0.3 is 0 Å². The Morgan fingerprint density at radius 3 is 2.58 bits per heavy atom. The molecule has 0 saturated heterocycles. The van der Waals surface area contributed by atoms with E-state index < -0.39 is 0 Å². The molecule has 0 aliphatic heterocycles. The maximum Gasteiger partial charge on any atom is 0.207 e. The van der Waals surface area contributed by atoms with Gasteiger partial charge in [0.15, 0.2) is 0 Å². The SMILES string of the molecule is COCCc1nsc(Nc2ccc(COc3ccccc3)cc2)n1. The number of anilines is 2. The van der Waals surface area contributed by atoms with Crippen molar-refractivity contribution >= 4 is 22.4 Å². The molecular formula is C18H19N3O2S. The van der Waals surface area contributed by atoms with E-state index in [1.165, 1.54) is 11.5 Å². The van der Waals surface area contributed by atoms with E-state index in [1.54, 1.807) is 7.11 Å². The van der Waals surface area contributed by atoms with Gasteiger partial charge in [-0.3, -0.25) is 0 Å². The zero-order chi connectivity index (χ0) is 16.6. The summed E-state index contributed by atoms with van der Waals surface area (Å²) in [7, 11) is 1.68. The molecule has 24 heavy (non-hydrogen) atoms. The predicted molar refractivity (Wildman–Crippen MR) is 96.0 cm³/mol. The van der Waals surface area contributed by atoms with Crippen molar-refractivity contribution in [3.05, 3.63) is 66.0 Å². The molecule has 0 unspecified atom stereocenters. The standard InChI is InChI=1S/C18H19N3O2S/c1-22-12-11-17-20-18(24-21-17)19-15-9-7-14(8-10-15)13-23-16-5-3-2-4-6-16/h2-10H,11-13H2,1H3,(H,19,20,21). The first-order valence-electron chi connectivity index (χ1n) is 7.69. The molecule has 3 aromatic rings. The predicted octanol–water partition coefficient (Wildman–Crippen LogP) is 4.05. The molecule has 0 aliphatic rings. The van der Waals surface area contributed by atoms with Crippen LogP contribution in [0.4, 0.5) is 10.8 Å². The number of nitrogens with one attached hydrogen (secondary N) is 1. The highest BCUT2D eigenvalue weighted by Gasteiger charge is 2.04. The van der Waals surface area contributed by atoms with Gasteiger partial charge in [-0.1, -0.05) is 30.3 Å². The van der Waals surface area contributed by atoms with Crippen LogP contribution in [-0.2, 0) is 17.8 Å². The summed E-state index contributed by atoms with van der Waals surface area (Å²) in [5.74, 6) is 1.68. The highest BCUT2D eigenvalue weighted by atomic mass is 32.1.